The van der Waals surface area contributed by atoms with Crippen molar-refractivity contribution in [3.05, 3.63) is 168 Å². The topological polar surface area (TPSA) is 215 Å². The van der Waals surface area contributed by atoms with E-state index in [4.69, 9.17) is 18.9 Å². The molecule has 1 spiro atoms. The summed E-state index contributed by atoms with van der Waals surface area (Å²) >= 11 is 0. The average Bonchev–Trinajstić information content (AvgIpc) is 3.83. The van der Waals surface area contributed by atoms with Gasteiger partial charge in [0.15, 0.2) is 6.29 Å². The summed E-state index contributed by atoms with van der Waals surface area (Å²) in [6, 6.07) is 36.0. The van der Waals surface area contributed by atoms with Gasteiger partial charge in [0.1, 0.15) is 58.8 Å². The van der Waals surface area contributed by atoms with Crippen LogP contribution in [0.15, 0.2) is 134 Å². The van der Waals surface area contributed by atoms with Gasteiger partial charge in [-0.05, 0) is 104 Å². The molecule has 7 heterocycles. The van der Waals surface area contributed by atoms with E-state index in [0.29, 0.717) is 66.7 Å². The molecule has 4 aliphatic rings. The predicted molar refractivity (Wildman–Crippen MR) is 287 cm³/mol. The third-order valence-corrected chi connectivity index (χ3v) is 14.2. The minimum absolute atomic E-state index is 0.00221. The zero-order chi connectivity index (χ0) is 53.1. The van der Waals surface area contributed by atoms with Gasteiger partial charge in [0.25, 0.3) is 17.7 Å². The Morgan fingerprint density at radius 2 is 1.66 bits per heavy atom. The largest absolute Gasteiger partial charge is 0.489 e. The highest BCUT2D eigenvalue weighted by Gasteiger charge is 2.48. The lowest BCUT2D eigenvalue weighted by Crippen LogP contribution is -2.60. The highest BCUT2D eigenvalue weighted by atomic mass is 16.7. The van der Waals surface area contributed by atoms with E-state index < -0.39 is 35.8 Å². The molecule has 3 atom stereocenters. The molecule has 0 saturated carbocycles. The lowest BCUT2D eigenvalue weighted by Gasteiger charge is -2.55. The van der Waals surface area contributed by atoms with Crippen molar-refractivity contribution in [3.8, 4) is 40.2 Å². The van der Waals surface area contributed by atoms with Crippen LogP contribution in [0.4, 0.5) is 17.1 Å². The van der Waals surface area contributed by atoms with Crippen molar-refractivity contribution in [2.75, 3.05) is 48.5 Å². The summed E-state index contributed by atoms with van der Waals surface area (Å²) in [6.07, 6.45) is 5.93. The van der Waals surface area contributed by atoms with Crippen LogP contribution >= 0.6 is 0 Å². The number of aromatic amines is 1. The second kappa shape index (κ2) is 21.4. The average molecular weight is 1030 g/mol. The molecule has 4 N–H and O–H groups in total. The Balaban J connectivity index is 0.658. The number of fused-ring (bicyclic) bond motifs is 2. The Hall–Kier alpha value is -8.92. The first-order chi connectivity index (χ1) is 37.3. The molecule has 11 rings (SSSR count). The quantitative estimate of drug-likeness (QED) is 0.0888. The number of anilines is 3. The lowest BCUT2D eigenvalue weighted by atomic mass is 9.72. The number of ether oxygens (including phenoxy) is 4. The molecule has 2 fully saturated rings. The number of benzene rings is 4. The second-order valence-corrected chi connectivity index (χ2v) is 20.3. The van der Waals surface area contributed by atoms with E-state index in [1.165, 1.54) is 17.2 Å². The third kappa shape index (κ3) is 11.5. The van der Waals surface area contributed by atoms with Gasteiger partial charge in [-0.1, -0.05) is 72.7 Å². The van der Waals surface area contributed by atoms with Gasteiger partial charge < -0.3 is 44.7 Å². The first kappa shape index (κ1) is 50.2. The number of aromatic nitrogens is 5. The van der Waals surface area contributed by atoms with Crippen molar-refractivity contribution in [1.82, 2.24) is 35.8 Å². The molecule has 4 aromatic carbocycles. The summed E-state index contributed by atoms with van der Waals surface area (Å²) in [5.74, 6) is 6.88. The van der Waals surface area contributed by atoms with Crippen LogP contribution in [0.1, 0.15) is 76.9 Å². The number of hydrogen-bond acceptors (Lipinski definition) is 13. The predicted octanol–water partition coefficient (Wildman–Crippen LogP) is 7.27. The maximum absolute atomic E-state index is 13.7. The normalized spacial score (nSPS) is 18.7. The fourth-order valence-corrected chi connectivity index (χ4v) is 10.1. The smallest absolute Gasteiger partial charge is 0.291 e. The maximum Gasteiger partial charge on any atom is 0.291 e. The molecule has 3 aromatic heterocycles. The van der Waals surface area contributed by atoms with Crippen molar-refractivity contribution in [2.45, 2.75) is 69.9 Å². The van der Waals surface area contributed by atoms with Crippen LogP contribution < -0.4 is 35.2 Å². The number of hydrogen-bond donors (Lipinski definition) is 4. The fraction of sp³-hybridized carbons (Fsp3) is 0.288. The van der Waals surface area contributed by atoms with E-state index in [9.17, 15) is 19.2 Å². The van der Waals surface area contributed by atoms with E-state index in [2.05, 4.69) is 70.0 Å². The molecule has 4 aliphatic heterocycles. The zero-order valence-corrected chi connectivity index (χ0v) is 42.7. The Labute approximate surface area is 444 Å². The summed E-state index contributed by atoms with van der Waals surface area (Å²) < 4.78 is 24.6. The van der Waals surface area contributed by atoms with Gasteiger partial charge in [-0.3, -0.25) is 29.3 Å². The van der Waals surface area contributed by atoms with Gasteiger partial charge in [-0.25, -0.2) is 9.97 Å². The van der Waals surface area contributed by atoms with Crippen LogP contribution in [0.5, 0.6) is 17.2 Å². The summed E-state index contributed by atoms with van der Waals surface area (Å²) in [6.45, 7) is 5.97. The Morgan fingerprint density at radius 1 is 0.870 bits per heavy atom. The van der Waals surface area contributed by atoms with E-state index >= 15 is 0 Å². The number of H-pyrrole nitrogens is 1. The molecular weight excluding hydrogens is 977 g/mol. The Bertz CT molecular complexity index is 3410. The summed E-state index contributed by atoms with van der Waals surface area (Å²) in [5, 5.41) is 15.6. The van der Waals surface area contributed by atoms with Crippen molar-refractivity contribution in [1.29, 1.82) is 0 Å². The van der Waals surface area contributed by atoms with Crippen LogP contribution in [0.3, 0.4) is 0 Å². The second-order valence-electron chi connectivity index (χ2n) is 20.3. The van der Waals surface area contributed by atoms with E-state index in [0.717, 1.165) is 53.1 Å². The van der Waals surface area contributed by atoms with Crippen molar-refractivity contribution in [2.24, 2.45) is 5.41 Å². The molecule has 2 saturated heterocycles. The number of carbonyl (C=O) groups excluding carboxylic acids is 4. The van der Waals surface area contributed by atoms with Gasteiger partial charge in [0.05, 0.1) is 12.3 Å². The number of likely N-dealkylation sites (N-methyl/N-ethyl adjacent to an activating group) is 1. The highest BCUT2D eigenvalue weighted by molar-refractivity contribution is 6.03. The molecule has 7 aromatic rings. The number of rotatable bonds is 12. The first-order valence-corrected chi connectivity index (χ1v) is 25.6. The minimum Gasteiger partial charge on any atom is -0.489 e. The van der Waals surface area contributed by atoms with E-state index in [1.54, 1.807) is 25.4 Å². The number of nitrogens with one attached hydrogen (secondary N) is 4. The fourth-order valence-electron chi connectivity index (χ4n) is 10.1. The monoisotopic (exact) mass is 1030 g/mol. The molecule has 0 radical (unpaired) electrons. The van der Waals surface area contributed by atoms with Crippen molar-refractivity contribution < 1.29 is 38.1 Å². The summed E-state index contributed by atoms with van der Waals surface area (Å²) in [5.41, 5.74) is 5.79. The van der Waals surface area contributed by atoms with Gasteiger partial charge in [0.2, 0.25) is 11.7 Å². The number of para-hydroxylation sites is 1. The van der Waals surface area contributed by atoms with Crippen molar-refractivity contribution in [3.63, 3.8) is 0 Å². The lowest BCUT2D eigenvalue weighted by molar-refractivity contribution is -0.225. The standard InChI is InChI=1S/C59H56N10O8/c1-58(2,24-22-41-18-14-40(33-61-41)39-17-21-50-49(29-39)68(3)57(73)48(34-75-50)64-55(71)47-31-44(23-26-60-47)76-43-12-8-5-9-13-43)77-52-32-59(25-27-74-52)35-69(36-59)42-19-15-38-16-20-45(54(70)63-46(38)30-42)62-56(72)53-65-51(66-67-53)28-37-10-6-4-7-11-37/h4-15,17-19,21,23,26,29-31,33,45,48,52H,16,20,25,27-28,32,34-36H2,1-3H3,(H,62,72)(H,63,70)(H,64,71)(H,65,66,67)/t45-,48-,52?/m1/s1. The summed E-state index contributed by atoms with van der Waals surface area (Å²) in [4.78, 5) is 70.6. The Morgan fingerprint density at radius 3 is 2.47 bits per heavy atom. The van der Waals surface area contributed by atoms with E-state index in [1.807, 2.05) is 105 Å². The van der Waals surface area contributed by atoms with Crippen LogP contribution in [0.2, 0.25) is 0 Å². The van der Waals surface area contributed by atoms with Gasteiger partial charge in [-0.2, -0.15) is 0 Å². The molecule has 0 aliphatic carbocycles. The molecular formula is C59H56N10O8. The minimum atomic E-state index is -0.969. The van der Waals surface area contributed by atoms with Crippen LogP contribution in [-0.4, -0.2) is 106 Å². The SMILES string of the molecule is CN1C(=O)[C@H](NC(=O)c2cc(Oc3ccccc3)ccn2)COc2ccc(-c3ccc(C#CC(C)(C)OC4CC5(CCO4)CN(c4ccc6c(c4)NC(=O)[C@H](NC(=O)c4n[nH]c(Cc7ccccc7)n4)CC6)C5)nc3)cc21. The number of carbonyl (C=O) groups is 4. The van der Waals surface area contributed by atoms with Gasteiger partial charge in [-0.15, -0.1) is 5.10 Å². The molecule has 77 heavy (non-hydrogen) atoms. The number of aryl methyl sites for hydroxylation is 1. The van der Waals surface area contributed by atoms with Crippen molar-refractivity contribution >= 4 is 40.7 Å². The first-order valence-electron chi connectivity index (χ1n) is 25.6. The molecule has 1 unspecified atom stereocenters. The number of nitrogens with zero attached hydrogens (tertiary/aromatic N) is 6. The summed E-state index contributed by atoms with van der Waals surface area (Å²) in [7, 11) is 1.65. The van der Waals surface area contributed by atoms with Gasteiger partial charge >= 0.3 is 0 Å². The molecule has 390 valence electrons. The zero-order valence-electron chi connectivity index (χ0n) is 42.7. The van der Waals surface area contributed by atoms with E-state index in [-0.39, 0.29) is 35.4 Å². The molecule has 18 nitrogen and oxygen atoms in total. The molecule has 0 bridgehead atoms. The molecule has 4 amide bonds. The third-order valence-electron chi connectivity index (χ3n) is 14.2. The molecule has 18 heteroatoms. The van der Waals surface area contributed by atoms with Crippen LogP contribution in [-0.2, 0) is 31.9 Å². The van der Waals surface area contributed by atoms with Crippen LogP contribution in [0.25, 0.3) is 11.1 Å². The Kier molecular flexibility index (Phi) is 13.9. The number of pyridine rings is 2. The number of amides is 4. The van der Waals surface area contributed by atoms with Gasteiger partial charge in [0, 0.05) is 73.8 Å². The highest BCUT2D eigenvalue weighted by Crippen LogP contribution is 2.45. The van der Waals surface area contributed by atoms with Crippen LogP contribution in [0, 0.1) is 17.3 Å². The maximum atomic E-state index is 13.7.